The molecule has 0 spiro atoms. The number of benzene rings is 3. The summed E-state index contributed by atoms with van der Waals surface area (Å²) in [4.78, 5) is 4.83. The monoisotopic (exact) mass is 560 g/mol. The molecule has 0 bridgehead atoms. The number of nitrogens with zero attached hydrogens (tertiary/aromatic N) is 1. The highest BCUT2D eigenvalue weighted by molar-refractivity contribution is 7.11. The Morgan fingerprint density at radius 3 is 1.43 bits per heavy atom. The molecule has 0 amide bonds. The average molecular weight is 561 g/mol. The van der Waals surface area contributed by atoms with E-state index < -0.39 is 0 Å². The van der Waals surface area contributed by atoms with Crippen molar-refractivity contribution in [3.8, 4) is 0 Å². The fourth-order valence-electron chi connectivity index (χ4n) is 4.47. The molecule has 2 N–H and O–H groups in total. The van der Waals surface area contributed by atoms with Gasteiger partial charge in [-0.1, -0.05) is 72.7 Å². The van der Waals surface area contributed by atoms with Crippen molar-refractivity contribution in [2.45, 2.75) is 26.2 Å². The SMILES string of the molecule is Cc1ccc(N(c2ccc(/C=C/c3cccs3)cc2)c2ccc(/C=C/c3cccs3)cc2)cc1.NCC1CCC1. The lowest BCUT2D eigenvalue weighted by Gasteiger charge is -2.26. The molecule has 2 nitrogen and oxygen atoms in total. The zero-order valence-electron chi connectivity index (χ0n) is 22.9. The molecular weight excluding hydrogens is 525 g/mol. The van der Waals surface area contributed by atoms with Crippen LogP contribution in [0.1, 0.15) is 45.7 Å². The molecular formula is C36H36N2S2. The van der Waals surface area contributed by atoms with E-state index in [0.717, 1.165) is 29.5 Å². The van der Waals surface area contributed by atoms with Crippen molar-refractivity contribution in [2.75, 3.05) is 11.4 Å². The molecule has 2 heterocycles. The van der Waals surface area contributed by atoms with Crippen LogP contribution >= 0.6 is 22.7 Å². The predicted octanol–water partition coefficient (Wildman–Crippen LogP) is 10.7. The van der Waals surface area contributed by atoms with Gasteiger partial charge in [0.15, 0.2) is 0 Å². The van der Waals surface area contributed by atoms with Crippen molar-refractivity contribution in [1.82, 2.24) is 0 Å². The summed E-state index contributed by atoms with van der Waals surface area (Å²) >= 11 is 3.50. The van der Waals surface area contributed by atoms with Crippen molar-refractivity contribution < 1.29 is 0 Å². The van der Waals surface area contributed by atoms with E-state index in [1.165, 1.54) is 45.7 Å². The lowest BCUT2D eigenvalue weighted by atomic mass is 9.86. The number of anilines is 3. The van der Waals surface area contributed by atoms with Crippen molar-refractivity contribution in [3.05, 3.63) is 134 Å². The number of aryl methyl sites for hydroxylation is 1. The van der Waals surface area contributed by atoms with Gasteiger partial charge in [-0.2, -0.15) is 0 Å². The second-order valence-electron chi connectivity index (χ2n) is 10.1. The van der Waals surface area contributed by atoms with Crippen LogP contribution in [0, 0.1) is 12.8 Å². The van der Waals surface area contributed by atoms with Crippen LogP contribution in [-0.2, 0) is 0 Å². The van der Waals surface area contributed by atoms with E-state index in [-0.39, 0.29) is 0 Å². The van der Waals surface area contributed by atoms with Gasteiger partial charge < -0.3 is 10.6 Å². The van der Waals surface area contributed by atoms with Gasteiger partial charge in [0.1, 0.15) is 0 Å². The molecule has 1 aliphatic rings. The van der Waals surface area contributed by atoms with Crippen LogP contribution in [0.15, 0.2) is 108 Å². The molecule has 0 radical (unpaired) electrons. The summed E-state index contributed by atoms with van der Waals surface area (Å²) in [5.41, 5.74) is 12.4. The summed E-state index contributed by atoms with van der Waals surface area (Å²) in [6, 6.07) is 34.6. The predicted molar refractivity (Wildman–Crippen MR) is 179 cm³/mol. The fourth-order valence-corrected chi connectivity index (χ4v) is 5.70. The van der Waals surface area contributed by atoms with Crippen LogP contribution in [0.25, 0.3) is 24.3 Å². The first-order chi connectivity index (χ1) is 19.7. The Bertz CT molecular complexity index is 1380. The Hall–Kier alpha value is -3.70. The fraction of sp³-hybridized carbons (Fsp3) is 0.167. The van der Waals surface area contributed by atoms with Gasteiger partial charge in [0.05, 0.1) is 0 Å². The summed E-state index contributed by atoms with van der Waals surface area (Å²) in [6.07, 6.45) is 12.9. The summed E-state index contributed by atoms with van der Waals surface area (Å²) < 4.78 is 0. The van der Waals surface area contributed by atoms with Crippen molar-refractivity contribution >= 4 is 64.0 Å². The molecule has 2 aromatic heterocycles. The number of hydrogen-bond donors (Lipinski definition) is 1. The van der Waals surface area contributed by atoms with Gasteiger partial charge >= 0.3 is 0 Å². The van der Waals surface area contributed by atoms with Crippen molar-refractivity contribution in [3.63, 3.8) is 0 Å². The van der Waals surface area contributed by atoms with Crippen LogP contribution in [0.4, 0.5) is 17.1 Å². The Morgan fingerprint density at radius 2 is 1.10 bits per heavy atom. The van der Waals surface area contributed by atoms with Gasteiger partial charge in [-0.05, 0) is 115 Å². The van der Waals surface area contributed by atoms with Gasteiger partial charge in [0.2, 0.25) is 0 Å². The molecule has 5 aromatic rings. The van der Waals surface area contributed by atoms with E-state index >= 15 is 0 Å². The first-order valence-corrected chi connectivity index (χ1v) is 15.6. The second-order valence-corrected chi connectivity index (χ2v) is 12.0. The quantitative estimate of drug-likeness (QED) is 0.204. The number of thiophene rings is 2. The lowest BCUT2D eigenvalue weighted by Crippen LogP contribution is -2.20. The van der Waals surface area contributed by atoms with Gasteiger partial charge in [0, 0.05) is 26.8 Å². The maximum absolute atomic E-state index is 5.33. The molecule has 0 aliphatic heterocycles. The molecule has 1 fully saturated rings. The highest BCUT2D eigenvalue weighted by atomic mass is 32.1. The normalized spacial score (nSPS) is 13.2. The van der Waals surface area contributed by atoms with Crippen LogP contribution in [-0.4, -0.2) is 6.54 Å². The molecule has 1 saturated carbocycles. The van der Waals surface area contributed by atoms with Gasteiger partial charge in [-0.25, -0.2) is 0 Å². The highest BCUT2D eigenvalue weighted by Crippen LogP contribution is 2.35. The highest BCUT2D eigenvalue weighted by Gasteiger charge is 2.14. The third-order valence-electron chi connectivity index (χ3n) is 7.12. The Labute approximate surface area is 246 Å². The number of hydrogen-bond acceptors (Lipinski definition) is 4. The average Bonchev–Trinajstić information content (AvgIpc) is 3.68. The largest absolute Gasteiger partial charge is 0.330 e. The van der Waals surface area contributed by atoms with Crippen LogP contribution in [0.5, 0.6) is 0 Å². The first kappa shape index (κ1) is 27.9. The van der Waals surface area contributed by atoms with Crippen molar-refractivity contribution in [1.29, 1.82) is 0 Å². The molecule has 40 heavy (non-hydrogen) atoms. The smallest absolute Gasteiger partial charge is 0.0462 e. The first-order valence-electron chi connectivity index (χ1n) is 13.9. The Morgan fingerprint density at radius 1 is 0.650 bits per heavy atom. The molecule has 4 heteroatoms. The summed E-state index contributed by atoms with van der Waals surface area (Å²) in [7, 11) is 0. The maximum atomic E-state index is 5.33. The van der Waals surface area contributed by atoms with E-state index in [1.807, 2.05) is 0 Å². The molecule has 3 aromatic carbocycles. The molecule has 0 saturated heterocycles. The minimum absolute atomic E-state index is 0.894. The van der Waals surface area contributed by atoms with Crippen molar-refractivity contribution in [2.24, 2.45) is 11.7 Å². The van der Waals surface area contributed by atoms with E-state index in [4.69, 9.17) is 5.73 Å². The van der Waals surface area contributed by atoms with E-state index in [1.54, 1.807) is 22.7 Å². The Balaban J connectivity index is 0.000000477. The minimum atomic E-state index is 0.894. The third kappa shape index (κ3) is 7.70. The van der Waals surface area contributed by atoms with Crippen LogP contribution in [0.3, 0.4) is 0 Å². The van der Waals surface area contributed by atoms with Gasteiger partial charge in [-0.15, -0.1) is 22.7 Å². The van der Waals surface area contributed by atoms with Crippen LogP contribution < -0.4 is 10.6 Å². The maximum Gasteiger partial charge on any atom is 0.0462 e. The lowest BCUT2D eigenvalue weighted by molar-refractivity contribution is 0.325. The summed E-state index contributed by atoms with van der Waals surface area (Å²) in [5, 5.41) is 4.21. The van der Waals surface area contributed by atoms with Gasteiger partial charge in [-0.3, -0.25) is 0 Å². The summed E-state index contributed by atoms with van der Waals surface area (Å²) in [5.74, 6) is 0.894. The molecule has 1 aliphatic carbocycles. The Kier molecular flexibility index (Phi) is 9.81. The van der Waals surface area contributed by atoms with Gasteiger partial charge in [0.25, 0.3) is 0 Å². The summed E-state index contributed by atoms with van der Waals surface area (Å²) in [6.45, 7) is 3.04. The molecule has 202 valence electrons. The third-order valence-corrected chi connectivity index (χ3v) is 8.79. The molecule has 0 atom stereocenters. The van der Waals surface area contributed by atoms with E-state index in [0.29, 0.717) is 0 Å². The molecule has 6 rings (SSSR count). The standard InChI is InChI=1S/C31H25NS2.C5H11N/c1-24-6-14-27(15-7-24)32(28-16-8-25(9-17-28)12-20-30-4-2-22-33-30)29-18-10-26(11-19-29)13-21-31-5-3-23-34-31;6-4-5-2-1-3-5/h2-23H,1H3;5H,1-4,6H2/b20-12+,21-13+;. The minimum Gasteiger partial charge on any atom is -0.330 e. The number of nitrogens with two attached hydrogens (primary N) is 1. The second kappa shape index (κ2) is 14.1. The zero-order valence-corrected chi connectivity index (χ0v) is 24.6. The zero-order chi connectivity index (χ0) is 27.6. The van der Waals surface area contributed by atoms with Crippen LogP contribution in [0.2, 0.25) is 0 Å². The van der Waals surface area contributed by atoms with E-state index in [9.17, 15) is 0 Å². The van der Waals surface area contributed by atoms with E-state index in [2.05, 4.69) is 144 Å². The molecule has 0 unspecified atom stereocenters. The number of rotatable bonds is 8. The topological polar surface area (TPSA) is 29.3 Å².